The number of carboxylic acids is 1. The molecule has 2 rings (SSSR count). The molecule has 114 valence electrons. The van der Waals surface area contributed by atoms with E-state index in [0.29, 0.717) is 19.5 Å². The molecule has 1 saturated heterocycles. The van der Waals surface area contributed by atoms with Gasteiger partial charge in [-0.1, -0.05) is 0 Å². The number of benzene rings is 1. The number of rotatable bonds is 4. The van der Waals surface area contributed by atoms with Gasteiger partial charge in [-0.25, -0.2) is 9.18 Å². The Labute approximate surface area is 121 Å². The average Bonchev–Trinajstić information content (AvgIpc) is 2.39. The van der Waals surface area contributed by atoms with E-state index in [2.05, 4.69) is 0 Å². The summed E-state index contributed by atoms with van der Waals surface area (Å²) in [6.45, 7) is 1.11. The number of nitrogen functional groups attached to an aromatic ring is 1. The summed E-state index contributed by atoms with van der Waals surface area (Å²) < 4.78 is 14.0. The fraction of sp³-hybridized carbons (Fsp3) is 0.429. The van der Waals surface area contributed by atoms with Crippen LogP contribution < -0.4 is 16.4 Å². The molecule has 1 amide bonds. The summed E-state index contributed by atoms with van der Waals surface area (Å²) in [5.74, 6) is -1.85. The van der Waals surface area contributed by atoms with Gasteiger partial charge in [0.25, 0.3) is 0 Å². The second-order valence-electron chi connectivity index (χ2n) is 5.30. The maximum Gasteiger partial charge on any atom is 0.337 e. The number of carboxylic acid groups (broad SMARTS) is 1. The Kier molecular flexibility index (Phi) is 4.30. The summed E-state index contributed by atoms with van der Waals surface area (Å²) in [7, 11) is 0. The molecule has 0 spiro atoms. The second-order valence-corrected chi connectivity index (χ2v) is 5.30. The van der Waals surface area contributed by atoms with Gasteiger partial charge in [-0.15, -0.1) is 0 Å². The fourth-order valence-electron chi connectivity index (χ4n) is 2.67. The number of nitrogens with zero attached hydrogens (tertiary/aromatic N) is 1. The SMILES string of the molecule is NC(=O)CC1CCN(c2cc(C(=O)O)c(N)cc2F)CC1. The van der Waals surface area contributed by atoms with Crippen molar-refractivity contribution in [3.05, 3.63) is 23.5 Å². The van der Waals surface area contributed by atoms with Crippen LogP contribution >= 0.6 is 0 Å². The largest absolute Gasteiger partial charge is 0.478 e. The number of carbonyl (C=O) groups excluding carboxylic acids is 1. The highest BCUT2D eigenvalue weighted by molar-refractivity contribution is 5.95. The van der Waals surface area contributed by atoms with Crippen LogP contribution in [0, 0.1) is 11.7 Å². The van der Waals surface area contributed by atoms with Gasteiger partial charge < -0.3 is 21.5 Å². The Bertz CT molecular complexity index is 569. The van der Waals surface area contributed by atoms with Crippen LogP contribution in [0.15, 0.2) is 12.1 Å². The predicted octanol–water partition coefficient (Wildman–Crippen LogP) is 1.20. The maximum atomic E-state index is 14.0. The lowest BCUT2D eigenvalue weighted by Gasteiger charge is -2.33. The smallest absolute Gasteiger partial charge is 0.337 e. The first-order chi connectivity index (χ1) is 9.88. The van der Waals surface area contributed by atoms with Crippen molar-refractivity contribution in [2.75, 3.05) is 23.7 Å². The zero-order valence-corrected chi connectivity index (χ0v) is 11.5. The minimum Gasteiger partial charge on any atom is -0.478 e. The summed E-state index contributed by atoms with van der Waals surface area (Å²) in [5, 5.41) is 9.05. The van der Waals surface area contributed by atoms with E-state index in [0.717, 1.165) is 18.9 Å². The van der Waals surface area contributed by atoms with Gasteiger partial charge >= 0.3 is 5.97 Å². The molecule has 1 aliphatic rings. The van der Waals surface area contributed by atoms with Crippen LogP contribution in [0.2, 0.25) is 0 Å². The van der Waals surface area contributed by atoms with E-state index < -0.39 is 11.8 Å². The Morgan fingerprint density at radius 3 is 2.48 bits per heavy atom. The maximum absolute atomic E-state index is 14.0. The van der Waals surface area contributed by atoms with Crippen LogP contribution in [0.1, 0.15) is 29.6 Å². The molecular formula is C14H18FN3O3. The Balaban J connectivity index is 2.15. The molecule has 0 unspecified atom stereocenters. The zero-order chi connectivity index (χ0) is 15.6. The monoisotopic (exact) mass is 295 g/mol. The molecule has 0 saturated carbocycles. The molecule has 7 heteroatoms. The summed E-state index contributed by atoms with van der Waals surface area (Å²) in [6, 6.07) is 2.30. The van der Waals surface area contributed by atoms with Gasteiger partial charge in [-0.2, -0.15) is 0 Å². The van der Waals surface area contributed by atoms with Gasteiger partial charge in [-0.3, -0.25) is 4.79 Å². The topological polar surface area (TPSA) is 110 Å². The van der Waals surface area contributed by atoms with Crippen molar-refractivity contribution in [1.82, 2.24) is 0 Å². The number of anilines is 2. The average molecular weight is 295 g/mol. The third-order valence-corrected chi connectivity index (χ3v) is 3.79. The molecule has 1 heterocycles. The van der Waals surface area contributed by atoms with Gasteiger partial charge in [0.2, 0.25) is 5.91 Å². The van der Waals surface area contributed by atoms with Crippen molar-refractivity contribution >= 4 is 23.3 Å². The van der Waals surface area contributed by atoms with Crippen LogP contribution in [0.5, 0.6) is 0 Å². The standard InChI is InChI=1S/C14H18FN3O3/c15-10-7-11(16)9(14(20)21)6-12(10)18-3-1-8(2-4-18)5-13(17)19/h6-8H,1-5,16H2,(H2,17,19)(H,20,21). The summed E-state index contributed by atoms with van der Waals surface area (Å²) in [5.41, 5.74) is 10.7. The zero-order valence-electron chi connectivity index (χ0n) is 11.5. The van der Waals surface area contributed by atoms with Crippen molar-refractivity contribution < 1.29 is 19.1 Å². The van der Waals surface area contributed by atoms with Crippen LogP contribution in [-0.4, -0.2) is 30.1 Å². The Morgan fingerprint density at radius 1 is 1.33 bits per heavy atom. The van der Waals surface area contributed by atoms with Gasteiger partial charge in [0.1, 0.15) is 5.82 Å². The second kappa shape index (κ2) is 5.99. The number of hydrogen-bond donors (Lipinski definition) is 3. The van der Waals surface area contributed by atoms with Gasteiger partial charge in [0.05, 0.1) is 11.3 Å². The molecule has 21 heavy (non-hydrogen) atoms. The van der Waals surface area contributed by atoms with Crippen LogP contribution in [-0.2, 0) is 4.79 Å². The van der Waals surface area contributed by atoms with Gasteiger partial charge in [0.15, 0.2) is 0 Å². The summed E-state index contributed by atoms with van der Waals surface area (Å²) >= 11 is 0. The molecule has 0 aliphatic carbocycles. The molecule has 0 radical (unpaired) electrons. The predicted molar refractivity (Wildman–Crippen MR) is 76.5 cm³/mol. The van der Waals surface area contributed by atoms with Crippen LogP contribution in [0.4, 0.5) is 15.8 Å². The van der Waals surface area contributed by atoms with E-state index in [9.17, 15) is 14.0 Å². The highest BCUT2D eigenvalue weighted by Gasteiger charge is 2.24. The van der Waals surface area contributed by atoms with E-state index >= 15 is 0 Å². The quantitative estimate of drug-likeness (QED) is 0.723. The number of amides is 1. The van der Waals surface area contributed by atoms with E-state index in [1.54, 1.807) is 4.90 Å². The highest BCUT2D eigenvalue weighted by atomic mass is 19.1. The lowest BCUT2D eigenvalue weighted by atomic mass is 9.93. The Morgan fingerprint density at radius 2 is 1.95 bits per heavy atom. The van der Waals surface area contributed by atoms with Crippen molar-refractivity contribution in [3.63, 3.8) is 0 Å². The highest BCUT2D eigenvalue weighted by Crippen LogP contribution is 2.30. The molecule has 1 aromatic rings. The first kappa shape index (κ1) is 15.1. The summed E-state index contributed by atoms with van der Waals surface area (Å²) in [6.07, 6.45) is 1.77. The van der Waals surface area contributed by atoms with Crippen LogP contribution in [0.25, 0.3) is 0 Å². The fourth-order valence-corrected chi connectivity index (χ4v) is 2.67. The number of primary amides is 1. The molecule has 5 N–H and O–H groups in total. The third-order valence-electron chi connectivity index (χ3n) is 3.79. The first-order valence-electron chi connectivity index (χ1n) is 6.74. The molecule has 0 bridgehead atoms. The number of hydrogen-bond acceptors (Lipinski definition) is 4. The van der Waals surface area contributed by atoms with Crippen molar-refractivity contribution in [1.29, 1.82) is 0 Å². The molecule has 1 fully saturated rings. The molecule has 1 aromatic carbocycles. The summed E-state index contributed by atoms with van der Waals surface area (Å²) in [4.78, 5) is 23.7. The lowest BCUT2D eigenvalue weighted by molar-refractivity contribution is -0.119. The molecular weight excluding hydrogens is 277 g/mol. The molecule has 0 aromatic heterocycles. The van der Waals surface area contributed by atoms with E-state index in [1.807, 2.05) is 0 Å². The van der Waals surface area contributed by atoms with E-state index in [4.69, 9.17) is 16.6 Å². The minimum atomic E-state index is -1.18. The third kappa shape index (κ3) is 3.42. The number of nitrogens with two attached hydrogens (primary N) is 2. The molecule has 0 atom stereocenters. The van der Waals surface area contributed by atoms with E-state index in [-0.39, 0.29) is 28.8 Å². The molecule has 6 nitrogen and oxygen atoms in total. The number of aromatic carboxylic acids is 1. The van der Waals surface area contributed by atoms with Crippen molar-refractivity contribution in [3.8, 4) is 0 Å². The number of carbonyl (C=O) groups is 2. The molecule has 1 aliphatic heterocycles. The number of halogens is 1. The van der Waals surface area contributed by atoms with Crippen molar-refractivity contribution in [2.24, 2.45) is 11.7 Å². The normalized spacial score (nSPS) is 16.0. The van der Waals surface area contributed by atoms with Crippen LogP contribution in [0.3, 0.4) is 0 Å². The Hall–Kier alpha value is -2.31. The van der Waals surface area contributed by atoms with Gasteiger partial charge in [0, 0.05) is 25.2 Å². The number of piperidine rings is 1. The van der Waals surface area contributed by atoms with Crippen molar-refractivity contribution in [2.45, 2.75) is 19.3 Å². The van der Waals surface area contributed by atoms with Gasteiger partial charge in [-0.05, 0) is 30.9 Å². The minimum absolute atomic E-state index is 0.0904. The first-order valence-corrected chi connectivity index (χ1v) is 6.74. The van der Waals surface area contributed by atoms with E-state index in [1.165, 1.54) is 6.07 Å². The lowest BCUT2D eigenvalue weighted by Crippen LogP contribution is -2.35.